The van der Waals surface area contributed by atoms with Gasteiger partial charge in [0, 0.05) is 0 Å². The first-order valence-electron chi connectivity index (χ1n) is 9.44. The van der Waals surface area contributed by atoms with Crippen LogP contribution in [0.15, 0.2) is 52.6 Å². The van der Waals surface area contributed by atoms with Gasteiger partial charge in [0.1, 0.15) is 17.3 Å². The highest BCUT2D eigenvalue weighted by molar-refractivity contribution is 7.89. The number of benzene rings is 2. The van der Waals surface area contributed by atoms with Crippen molar-refractivity contribution in [2.45, 2.75) is 31.2 Å². The summed E-state index contributed by atoms with van der Waals surface area (Å²) in [6, 6.07) is 11.7. The summed E-state index contributed by atoms with van der Waals surface area (Å²) in [6.45, 7) is 4.70. The van der Waals surface area contributed by atoms with E-state index in [9.17, 15) is 13.3 Å². The second-order valence-electron chi connectivity index (χ2n) is 6.56. The van der Waals surface area contributed by atoms with Crippen molar-refractivity contribution in [2.24, 2.45) is 10.4 Å². The summed E-state index contributed by atoms with van der Waals surface area (Å²) >= 11 is 0. The predicted molar refractivity (Wildman–Crippen MR) is 113 cm³/mol. The molecule has 0 aliphatic carbocycles. The number of nitrogens with zero attached hydrogens (tertiary/aromatic N) is 2. The minimum atomic E-state index is -3.94. The van der Waals surface area contributed by atoms with E-state index in [0.717, 1.165) is 0 Å². The van der Waals surface area contributed by atoms with Crippen LogP contribution in [0.25, 0.3) is 0 Å². The third-order valence-corrected chi connectivity index (χ3v) is 5.34. The van der Waals surface area contributed by atoms with Crippen molar-refractivity contribution in [2.75, 3.05) is 26.9 Å². The molecule has 0 aliphatic rings. The van der Waals surface area contributed by atoms with E-state index >= 15 is 0 Å². The second kappa shape index (κ2) is 10.8. The van der Waals surface area contributed by atoms with Gasteiger partial charge < -0.3 is 14.2 Å². The molecule has 2 aromatic carbocycles. The van der Waals surface area contributed by atoms with Crippen LogP contribution in [0.2, 0.25) is 0 Å². The minimum Gasteiger partial charge on any atom is -0.495 e. The highest BCUT2D eigenvalue weighted by Gasteiger charge is 2.19. The normalized spacial score (nSPS) is 12.1. The summed E-state index contributed by atoms with van der Waals surface area (Å²) in [5.41, 5.74) is 0.684. The molecule has 0 radical (unpaired) electrons. The van der Waals surface area contributed by atoms with Crippen molar-refractivity contribution >= 4 is 10.0 Å². The lowest BCUT2D eigenvalue weighted by atomic mass is 10.1. The minimum absolute atomic E-state index is 0.101. The summed E-state index contributed by atoms with van der Waals surface area (Å²) in [6.07, 6.45) is 0.383. The molecule has 0 aromatic heterocycles. The van der Waals surface area contributed by atoms with Crippen LogP contribution in [0.5, 0.6) is 17.2 Å². The van der Waals surface area contributed by atoms with Crippen molar-refractivity contribution in [1.82, 2.24) is 5.01 Å². The molecule has 1 atom stereocenters. The molecule has 2 N–H and O–H groups in total. The zero-order valence-electron chi connectivity index (χ0n) is 17.3. The fraction of sp³-hybridized carbons (Fsp3) is 0.400. The Bertz CT molecular complexity index is 951. The Morgan fingerprint density at radius 1 is 1.10 bits per heavy atom. The van der Waals surface area contributed by atoms with E-state index in [4.69, 9.17) is 19.3 Å². The Balaban J connectivity index is 2.02. The van der Waals surface area contributed by atoms with E-state index in [2.05, 4.69) is 5.29 Å². The number of sulfonamides is 1. The Morgan fingerprint density at radius 2 is 1.77 bits per heavy atom. The van der Waals surface area contributed by atoms with Gasteiger partial charge in [-0.25, -0.2) is 13.6 Å². The predicted octanol–water partition coefficient (Wildman–Crippen LogP) is 2.73. The van der Waals surface area contributed by atoms with E-state index in [-0.39, 0.29) is 29.8 Å². The number of para-hydroxylation sites is 2. The van der Waals surface area contributed by atoms with Crippen molar-refractivity contribution in [3.63, 3.8) is 0 Å². The van der Waals surface area contributed by atoms with Gasteiger partial charge in [0.25, 0.3) is 0 Å². The molecule has 0 unspecified atom stereocenters. The fourth-order valence-electron chi connectivity index (χ4n) is 2.95. The van der Waals surface area contributed by atoms with Crippen LogP contribution < -0.4 is 19.3 Å². The summed E-state index contributed by atoms with van der Waals surface area (Å²) in [4.78, 5) is 11.2. The number of nitroso groups, excluding NO2 is 1. The number of hydrogen-bond donors (Lipinski definition) is 1. The van der Waals surface area contributed by atoms with E-state index in [0.29, 0.717) is 30.1 Å². The molecule has 164 valence electrons. The molecule has 2 aromatic rings. The Labute approximate surface area is 176 Å². The average molecular weight is 438 g/mol. The maximum atomic E-state index is 11.8. The molecule has 0 spiro atoms. The van der Waals surface area contributed by atoms with Gasteiger partial charge in [0.05, 0.1) is 31.6 Å². The van der Waals surface area contributed by atoms with Crippen LogP contribution in [-0.4, -0.2) is 46.3 Å². The van der Waals surface area contributed by atoms with E-state index in [1.54, 1.807) is 12.1 Å². The molecule has 0 bridgehead atoms. The van der Waals surface area contributed by atoms with Crippen LogP contribution in [0.4, 0.5) is 0 Å². The monoisotopic (exact) mass is 437 g/mol. The Hall–Kier alpha value is -2.85. The fourth-order valence-corrected chi connectivity index (χ4v) is 3.70. The highest BCUT2D eigenvalue weighted by atomic mass is 32.2. The molecule has 9 nitrogen and oxygen atoms in total. The maximum absolute atomic E-state index is 11.8. The lowest BCUT2D eigenvalue weighted by Crippen LogP contribution is -2.33. The topological polar surface area (TPSA) is 121 Å². The highest BCUT2D eigenvalue weighted by Crippen LogP contribution is 2.27. The Morgan fingerprint density at radius 3 is 2.33 bits per heavy atom. The van der Waals surface area contributed by atoms with Gasteiger partial charge in [0.2, 0.25) is 10.0 Å². The molecule has 2 rings (SSSR count). The van der Waals surface area contributed by atoms with Crippen molar-refractivity contribution < 1.29 is 22.6 Å². The van der Waals surface area contributed by atoms with Gasteiger partial charge in [0.15, 0.2) is 11.5 Å². The summed E-state index contributed by atoms with van der Waals surface area (Å²) in [5.74, 6) is 1.39. The molecule has 0 saturated heterocycles. The van der Waals surface area contributed by atoms with Crippen molar-refractivity contribution in [3.05, 3.63) is 52.9 Å². The van der Waals surface area contributed by atoms with E-state index < -0.39 is 10.0 Å². The van der Waals surface area contributed by atoms with Gasteiger partial charge in [-0.05, 0) is 50.1 Å². The van der Waals surface area contributed by atoms with Gasteiger partial charge in [-0.3, -0.25) is 5.01 Å². The first kappa shape index (κ1) is 23.4. The van der Waals surface area contributed by atoms with Crippen molar-refractivity contribution in [1.29, 1.82) is 0 Å². The SMILES string of the molecule is CCOc1ccccc1OCCN(N=O)[C@H](C)Cc1ccc(OC)c(S(N)(=O)=O)c1. The number of rotatable bonds is 12. The molecule has 0 fully saturated rings. The van der Waals surface area contributed by atoms with Crippen LogP contribution in [0.1, 0.15) is 19.4 Å². The number of primary sulfonamides is 1. The molecule has 0 saturated carbocycles. The van der Waals surface area contributed by atoms with Gasteiger partial charge in [-0.2, -0.15) is 0 Å². The van der Waals surface area contributed by atoms with E-state index in [1.165, 1.54) is 24.3 Å². The summed E-state index contributed by atoms with van der Waals surface area (Å²) < 4.78 is 39.9. The summed E-state index contributed by atoms with van der Waals surface area (Å²) in [5, 5.41) is 9.69. The summed E-state index contributed by atoms with van der Waals surface area (Å²) in [7, 11) is -2.57. The zero-order chi connectivity index (χ0) is 22.1. The van der Waals surface area contributed by atoms with Crippen LogP contribution in [-0.2, 0) is 16.4 Å². The van der Waals surface area contributed by atoms with E-state index in [1.807, 2.05) is 32.0 Å². The molecule has 30 heavy (non-hydrogen) atoms. The smallest absolute Gasteiger partial charge is 0.241 e. The average Bonchev–Trinajstić information content (AvgIpc) is 2.71. The lowest BCUT2D eigenvalue weighted by molar-refractivity contribution is 0.167. The standard InChI is InChI=1S/C20H27N3O6S/c1-4-28-17-7-5-6-8-18(17)29-12-11-23(22-24)15(2)13-16-9-10-19(27-3)20(14-16)30(21,25)26/h5-10,14-15H,4,11-13H2,1-3H3,(H2,21,25,26)/t15-/m1/s1. The number of nitrogens with two attached hydrogens (primary N) is 1. The third-order valence-electron chi connectivity index (χ3n) is 4.41. The Kier molecular flexibility index (Phi) is 8.43. The molecular weight excluding hydrogens is 410 g/mol. The largest absolute Gasteiger partial charge is 0.495 e. The van der Waals surface area contributed by atoms with Crippen LogP contribution in [0.3, 0.4) is 0 Å². The van der Waals surface area contributed by atoms with Gasteiger partial charge in [-0.15, -0.1) is 4.91 Å². The second-order valence-corrected chi connectivity index (χ2v) is 8.09. The molecular formula is C20H27N3O6S. The third kappa shape index (κ3) is 6.33. The maximum Gasteiger partial charge on any atom is 0.241 e. The molecule has 0 heterocycles. The quantitative estimate of drug-likeness (QED) is 0.400. The first-order chi connectivity index (χ1) is 14.3. The van der Waals surface area contributed by atoms with Crippen LogP contribution in [0, 0.1) is 4.91 Å². The lowest BCUT2D eigenvalue weighted by Gasteiger charge is -2.23. The number of methoxy groups -OCH3 is 1. The number of ether oxygens (including phenoxy) is 3. The molecule has 0 aliphatic heterocycles. The van der Waals surface area contributed by atoms with Gasteiger partial charge >= 0.3 is 0 Å². The zero-order valence-corrected chi connectivity index (χ0v) is 18.1. The van der Waals surface area contributed by atoms with Crippen molar-refractivity contribution in [3.8, 4) is 17.2 Å². The van der Waals surface area contributed by atoms with Crippen LogP contribution >= 0.6 is 0 Å². The van der Waals surface area contributed by atoms with Gasteiger partial charge in [-0.1, -0.05) is 18.2 Å². The molecule has 10 heteroatoms. The molecule has 0 amide bonds. The first-order valence-corrected chi connectivity index (χ1v) is 11.0. The number of hydrogen-bond acceptors (Lipinski definition) is 7.